The topological polar surface area (TPSA) is 81.9 Å². The van der Waals surface area contributed by atoms with Crippen LogP contribution in [0.5, 0.6) is 0 Å². The van der Waals surface area contributed by atoms with Gasteiger partial charge in [0.2, 0.25) is 0 Å². The number of aromatic nitrogens is 4. The number of hydrogen-bond acceptors (Lipinski definition) is 6. The summed E-state index contributed by atoms with van der Waals surface area (Å²) in [6, 6.07) is 5.29. The predicted octanol–water partition coefficient (Wildman–Crippen LogP) is 1.91. The van der Waals surface area contributed by atoms with Crippen molar-refractivity contribution in [2.45, 2.75) is 27.3 Å². The Hall–Kier alpha value is -1.99. The molecule has 0 spiro atoms. The molecule has 7 nitrogen and oxygen atoms in total. The summed E-state index contributed by atoms with van der Waals surface area (Å²) in [5.74, 6) is -0.339. The summed E-state index contributed by atoms with van der Waals surface area (Å²) < 4.78 is 1.51. The Balaban J connectivity index is 2.10. The first-order valence-electron chi connectivity index (χ1n) is 6.34. The third kappa shape index (κ3) is 3.99. The molecule has 0 aliphatic heterocycles. The van der Waals surface area contributed by atoms with E-state index in [1.54, 1.807) is 39.0 Å². The fourth-order valence-electron chi connectivity index (χ4n) is 1.52. The second-order valence-corrected chi connectivity index (χ2v) is 5.92. The van der Waals surface area contributed by atoms with E-state index >= 15 is 0 Å². The summed E-state index contributed by atoms with van der Waals surface area (Å²) in [6.07, 6.45) is 1.48. The zero-order chi connectivity index (χ0) is 15.5. The number of carbonyl (C=O) groups is 1. The van der Waals surface area contributed by atoms with Gasteiger partial charge in [0.05, 0.1) is 17.6 Å². The highest BCUT2D eigenvalue weighted by atomic mass is 35.5. The Kier molecular flexibility index (Phi) is 4.54. The number of halogens is 1. The number of nitrogens with one attached hydrogen (secondary N) is 1. The molecule has 2 rings (SSSR count). The summed E-state index contributed by atoms with van der Waals surface area (Å²) in [4.78, 5) is 16.7. The quantitative estimate of drug-likeness (QED) is 0.869. The van der Waals surface area contributed by atoms with Gasteiger partial charge in [-0.1, -0.05) is 11.6 Å². The lowest BCUT2D eigenvalue weighted by Gasteiger charge is -2.17. The van der Waals surface area contributed by atoms with E-state index in [-0.39, 0.29) is 12.5 Å². The molecule has 21 heavy (non-hydrogen) atoms. The number of tetrazole rings is 1. The zero-order valence-corrected chi connectivity index (χ0v) is 12.8. The van der Waals surface area contributed by atoms with Crippen LogP contribution in [0.2, 0.25) is 5.02 Å². The molecule has 0 unspecified atom stereocenters. The van der Waals surface area contributed by atoms with E-state index in [4.69, 9.17) is 16.4 Å². The van der Waals surface area contributed by atoms with Crippen LogP contribution in [-0.2, 0) is 16.2 Å². The Morgan fingerprint density at radius 3 is 2.81 bits per heavy atom. The lowest BCUT2D eigenvalue weighted by Crippen LogP contribution is -2.29. The van der Waals surface area contributed by atoms with Crippen molar-refractivity contribution in [1.29, 1.82) is 0 Å². The van der Waals surface area contributed by atoms with E-state index in [1.807, 2.05) is 0 Å². The van der Waals surface area contributed by atoms with E-state index in [1.165, 1.54) is 11.0 Å². The highest BCUT2D eigenvalue weighted by Gasteiger charge is 2.23. The lowest BCUT2D eigenvalue weighted by atomic mass is 9.98. The summed E-state index contributed by atoms with van der Waals surface area (Å²) >= 11 is 6.00. The van der Waals surface area contributed by atoms with E-state index in [2.05, 4.69) is 21.0 Å². The Labute approximate surface area is 127 Å². The normalized spacial score (nSPS) is 11.4. The number of nitrogens with zero attached hydrogens (tertiary/aromatic N) is 4. The van der Waals surface area contributed by atoms with Crippen LogP contribution in [0.3, 0.4) is 0 Å². The van der Waals surface area contributed by atoms with Crippen molar-refractivity contribution in [3.63, 3.8) is 0 Å². The van der Waals surface area contributed by atoms with Crippen LogP contribution >= 0.6 is 11.6 Å². The lowest BCUT2D eigenvalue weighted by molar-refractivity contribution is -0.161. The van der Waals surface area contributed by atoms with Gasteiger partial charge in [-0.05, 0) is 55.0 Å². The fraction of sp³-hybridized carbons (Fsp3) is 0.385. The van der Waals surface area contributed by atoms with Crippen LogP contribution in [0.15, 0.2) is 24.5 Å². The van der Waals surface area contributed by atoms with Crippen molar-refractivity contribution < 1.29 is 9.63 Å². The highest BCUT2D eigenvalue weighted by molar-refractivity contribution is 6.30. The van der Waals surface area contributed by atoms with E-state index in [0.717, 1.165) is 11.3 Å². The summed E-state index contributed by atoms with van der Waals surface area (Å²) in [5.41, 5.74) is 3.63. The van der Waals surface area contributed by atoms with Gasteiger partial charge in [-0.2, -0.15) is 0 Å². The average Bonchev–Trinajstić information content (AvgIpc) is 2.91. The molecule has 0 aliphatic carbocycles. The first-order valence-corrected chi connectivity index (χ1v) is 6.71. The second-order valence-electron chi connectivity index (χ2n) is 5.49. The molecule has 0 aliphatic rings. The zero-order valence-electron chi connectivity index (χ0n) is 12.0. The number of benzene rings is 1. The van der Waals surface area contributed by atoms with Crippen molar-refractivity contribution in [2.75, 3.05) is 0 Å². The molecule has 1 aromatic carbocycles. The van der Waals surface area contributed by atoms with Gasteiger partial charge in [-0.3, -0.25) is 0 Å². The van der Waals surface area contributed by atoms with Gasteiger partial charge in [-0.25, -0.2) is 9.48 Å². The van der Waals surface area contributed by atoms with Gasteiger partial charge in [-0.15, -0.1) is 10.6 Å². The standard InChI is InChI=1S/C13H16ClN5O2/c1-13(2,3)12(20)21-16-7-9-6-10(14)4-5-11(9)19-8-15-17-18-19/h4-6,8,16H,7H2,1-3H3. The van der Waals surface area contributed by atoms with Crippen LogP contribution in [0.4, 0.5) is 0 Å². The molecule has 8 heteroatoms. The van der Waals surface area contributed by atoms with Gasteiger partial charge in [0, 0.05) is 5.02 Å². The van der Waals surface area contributed by atoms with E-state index in [9.17, 15) is 4.79 Å². The molecule has 0 bridgehead atoms. The van der Waals surface area contributed by atoms with Crippen molar-refractivity contribution in [3.8, 4) is 5.69 Å². The SMILES string of the molecule is CC(C)(C)C(=O)ONCc1cc(Cl)ccc1-n1cnnn1. The molecular weight excluding hydrogens is 294 g/mol. The Morgan fingerprint density at radius 1 is 1.43 bits per heavy atom. The van der Waals surface area contributed by atoms with Crippen LogP contribution in [0.25, 0.3) is 5.69 Å². The maximum atomic E-state index is 11.7. The fourth-order valence-corrected chi connectivity index (χ4v) is 1.72. The minimum absolute atomic E-state index is 0.289. The maximum absolute atomic E-state index is 11.7. The van der Waals surface area contributed by atoms with E-state index in [0.29, 0.717) is 5.02 Å². The van der Waals surface area contributed by atoms with Gasteiger partial charge < -0.3 is 4.84 Å². The molecule has 112 valence electrons. The van der Waals surface area contributed by atoms with Gasteiger partial charge in [0.25, 0.3) is 0 Å². The number of rotatable bonds is 4. The molecule has 0 saturated carbocycles. The second kappa shape index (κ2) is 6.19. The minimum Gasteiger partial charge on any atom is -0.370 e. The third-order valence-corrected chi connectivity index (χ3v) is 2.91. The van der Waals surface area contributed by atoms with Gasteiger partial charge >= 0.3 is 5.97 Å². The van der Waals surface area contributed by atoms with Crippen molar-refractivity contribution in [2.24, 2.45) is 5.41 Å². The third-order valence-electron chi connectivity index (χ3n) is 2.68. The van der Waals surface area contributed by atoms with Crippen molar-refractivity contribution >= 4 is 17.6 Å². The van der Waals surface area contributed by atoms with Gasteiger partial charge in [0.1, 0.15) is 6.33 Å². The summed E-state index contributed by atoms with van der Waals surface area (Å²) in [5, 5.41) is 11.6. The molecule has 0 saturated heterocycles. The molecule has 1 heterocycles. The molecule has 0 amide bonds. The number of hydroxylamine groups is 1. The van der Waals surface area contributed by atoms with Gasteiger partial charge in [0.15, 0.2) is 0 Å². The molecule has 0 fully saturated rings. The maximum Gasteiger partial charge on any atom is 0.329 e. The monoisotopic (exact) mass is 309 g/mol. The molecule has 0 radical (unpaired) electrons. The molecule has 1 N–H and O–H groups in total. The summed E-state index contributed by atoms with van der Waals surface area (Å²) in [6.45, 7) is 5.63. The molecule has 2 aromatic rings. The Bertz CT molecular complexity index is 622. The van der Waals surface area contributed by atoms with Crippen molar-refractivity contribution in [3.05, 3.63) is 35.1 Å². The van der Waals surface area contributed by atoms with Crippen molar-refractivity contribution in [1.82, 2.24) is 25.7 Å². The highest BCUT2D eigenvalue weighted by Crippen LogP contribution is 2.19. The predicted molar refractivity (Wildman–Crippen MR) is 76.6 cm³/mol. The number of carbonyl (C=O) groups excluding carboxylic acids is 1. The molecule has 1 aromatic heterocycles. The summed E-state index contributed by atoms with van der Waals surface area (Å²) in [7, 11) is 0. The average molecular weight is 310 g/mol. The minimum atomic E-state index is -0.569. The van der Waals surface area contributed by atoms with Crippen LogP contribution in [0.1, 0.15) is 26.3 Å². The first kappa shape index (κ1) is 15.4. The molecular formula is C13H16ClN5O2. The number of hydrogen-bond donors (Lipinski definition) is 1. The first-order chi connectivity index (χ1) is 9.88. The van der Waals surface area contributed by atoms with Crippen LogP contribution < -0.4 is 5.48 Å². The largest absolute Gasteiger partial charge is 0.370 e. The van der Waals surface area contributed by atoms with Crippen LogP contribution in [0, 0.1) is 5.41 Å². The molecule has 0 atom stereocenters. The van der Waals surface area contributed by atoms with Crippen LogP contribution in [-0.4, -0.2) is 26.2 Å². The Morgan fingerprint density at radius 2 is 2.19 bits per heavy atom. The van der Waals surface area contributed by atoms with E-state index < -0.39 is 5.41 Å². The smallest absolute Gasteiger partial charge is 0.329 e.